The zero-order valence-corrected chi connectivity index (χ0v) is 9.65. The first-order chi connectivity index (χ1) is 7.66. The van der Waals surface area contributed by atoms with E-state index in [1.807, 2.05) is 18.3 Å². The Morgan fingerprint density at radius 2 is 2.38 bits per heavy atom. The molecule has 16 heavy (non-hydrogen) atoms. The highest BCUT2D eigenvalue weighted by molar-refractivity contribution is 7.94. The lowest BCUT2D eigenvalue weighted by molar-refractivity contribution is 0.591. The van der Waals surface area contributed by atoms with Crippen molar-refractivity contribution in [1.82, 2.24) is 10.3 Å². The molecule has 1 unspecified atom stereocenters. The van der Waals surface area contributed by atoms with Gasteiger partial charge in [0.05, 0.1) is 5.75 Å². The molecule has 5 heteroatoms. The average Bonchev–Trinajstić information content (AvgIpc) is 2.60. The van der Waals surface area contributed by atoms with Crippen LogP contribution in [0.1, 0.15) is 5.56 Å². The lowest BCUT2D eigenvalue weighted by Crippen LogP contribution is -2.31. The molecule has 0 amide bonds. The number of hydrogen-bond acceptors (Lipinski definition) is 4. The Morgan fingerprint density at radius 3 is 3.00 bits per heavy atom. The summed E-state index contributed by atoms with van der Waals surface area (Å²) in [6, 6.07) is 3.87. The Kier molecular flexibility index (Phi) is 3.36. The fourth-order valence-corrected chi connectivity index (χ4v) is 2.92. The van der Waals surface area contributed by atoms with Crippen LogP contribution in [0.2, 0.25) is 0 Å². The molecule has 86 valence electrons. The van der Waals surface area contributed by atoms with Crippen LogP contribution in [-0.2, 0) is 16.3 Å². The molecule has 0 aromatic carbocycles. The van der Waals surface area contributed by atoms with E-state index in [0.717, 1.165) is 18.5 Å². The SMILES string of the molecule is O=S1(=O)C=CC(NCCc2cccnc2)C1. The molecule has 1 aliphatic heterocycles. The van der Waals surface area contributed by atoms with Crippen molar-refractivity contribution in [3.63, 3.8) is 0 Å². The Labute approximate surface area is 95.3 Å². The minimum Gasteiger partial charge on any atom is -0.309 e. The van der Waals surface area contributed by atoms with E-state index in [4.69, 9.17) is 0 Å². The van der Waals surface area contributed by atoms with Crippen LogP contribution in [0.5, 0.6) is 0 Å². The summed E-state index contributed by atoms with van der Waals surface area (Å²) < 4.78 is 22.3. The van der Waals surface area contributed by atoms with Gasteiger partial charge in [0.2, 0.25) is 0 Å². The molecule has 1 aromatic rings. The Balaban J connectivity index is 1.76. The van der Waals surface area contributed by atoms with E-state index in [1.165, 1.54) is 5.41 Å². The molecule has 0 spiro atoms. The van der Waals surface area contributed by atoms with Gasteiger partial charge in [0.15, 0.2) is 9.84 Å². The van der Waals surface area contributed by atoms with Crippen LogP contribution in [-0.4, -0.2) is 31.7 Å². The number of sulfone groups is 1. The highest BCUT2D eigenvalue weighted by Crippen LogP contribution is 2.07. The number of rotatable bonds is 4. The fourth-order valence-electron chi connectivity index (χ4n) is 1.65. The molecule has 1 aromatic heterocycles. The maximum Gasteiger partial charge on any atom is 0.173 e. The molecule has 0 bridgehead atoms. The zero-order valence-electron chi connectivity index (χ0n) is 8.83. The lowest BCUT2D eigenvalue weighted by Gasteiger charge is -2.09. The van der Waals surface area contributed by atoms with Crippen molar-refractivity contribution in [1.29, 1.82) is 0 Å². The van der Waals surface area contributed by atoms with Crippen LogP contribution in [0.3, 0.4) is 0 Å². The smallest absolute Gasteiger partial charge is 0.173 e. The van der Waals surface area contributed by atoms with Crippen molar-refractivity contribution >= 4 is 9.84 Å². The van der Waals surface area contributed by atoms with E-state index in [-0.39, 0.29) is 11.8 Å². The van der Waals surface area contributed by atoms with Gasteiger partial charge in [-0.15, -0.1) is 0 Å². The molecule has 0 fully saturated rings. The van der Waals surface area contributed by atoms with Crippen molar-refractivity contribution in [3.8, 4) is 0 Å². The summed E-state index contributed by atoms with van der Waals surface area (Å²) in [7, 11) is -2.95. The first-order valence-corrected chi connectivity index (χ1v) is 6.90. The maximum atomic E-state index is 11.1. The molecule has 0 radical (unpaired) electrons. The predicted molar refractivity (Wildman–Crippen MR) is 62.7 cm³/mol. The summed E-state index contributed by atoms with van der Waals surface area (Å²) in [6.07, 6.45) is 6.13. The number of aromatic nitrogens is 1. The quantitative estimate of drug-likeness (QED) is 0.831. The number of hydrogen-bond donors (Lipinski definition) is 1. The first-order valence-electron chi connectivity index (χ1n) is 5.19. The van der Waals surface area contributed by atoms with Gasteiger partial charge in [0, 0.05) is 23.8 Å². The van der Waals surface area contributed by atoms with Crippen LogP contribution >= 0.6 is 0 Å². The van der Waals surface area contributed by atoms with Gasteiger partial charge in [-0.05, 0) is 24.6 Å². The minimum atomic E-state index is -2.95. The predicted octanol–water partition coefficient (Wildman–Crippen LogP) is 0.524. The third-order valence-electron chi connectivity index (χ3n) is 2.47. The summed E-state index contributed by atoms with van der Waals surface area (Å²) in [4.78, 5) is 4.02. The van der Waals surface area contributed by atoms with Crippen molar-refractivity contribution < 1.29 is 8.42 Å². The highest BCUT2D eigenvalue weighted by Gasteiger charge is 2.20. The molecule has 2 heterocycles. The summed E-state index contributed by atoms with van der Waals surface area (Å²) in [6.45, 7) is 0.760. The van der Waals surface area contributed by atoms with Gasteiger partial charge in [-0.2, -0.15) is 0 Å². The largest absolute Gasteiger partial charge is 0.309 e. The van der Waals surface area contributed by atoms with Gasteiger partial charge in [0.25, 0.3) is 0 Å². The van der Waals surface area contributed by atoms with Crippen LogP contribution in [0.25, 0.3) is 0 Å². The van der Waals surface area contributed by atoms with Gasteiger partial charge in [-0.25, -0.2) is 8.42 Å². The van der Waals surface area contributed by atoms with Gasteiger partial charge < -0.3 is 5.32 Å². The van der Waals surface area contributed by atoms with E-state index < -0.39 is 9.84 Å². The lowest BCUT2D eigenvalue weighted by atomic mass is 10.2. The second kappa shape index (κ2) is 4.76. The van der Waals surface area contributed by atoms with E-state index >= 15 is 0 Å². The average molecular weight is 238 g/mol. The number of nitrogens with zero attached hydrogens (tertiary/aromatic N) is 1. The van der Waals surface area contributed by atoms with Gasteiger partial charge in [-0.1, -0.05) is 12.1 Å². The normalized spacial score (nSPS) is 22.4. The summed E-state index contributed by atoms with van der Waals surface area (Å²) in [5.41, 5.74) is 1.15. The minimum absolute atomic E-state index is 0.0401. The molecule has 0 aliphatic carbocycles. The Hall–Kier alpha value is -1.20. The molecule has 1 atom stereocenters. The van der Waals surface area contributed by atoms with Gasteiger partial charge in [0.1, 0.15) is 0 Å². The third-order valence-corrected chi connectivity index (χ3v) is 3.87. The first kappa shape index (κ1) is 11.3. The monoisotopic (exact) mass is 238 g/mol. The second-order valence-electron chi connectivity index (χ2n) is 3.83. The zero-order chi connectivity index (χ0) is 11.4. The van der Waals surface area contributed by atoms with Gasteiger partial charge >= 0.3 is 0 Å². The molecule has 1 aliphatic rings. The van der Waals surface area contributed by atoms with Crippen LogP contribution in [0.15, 0.2) is 36.0 Å². The highest BCUT2D eigenvalue weighted by atomic mass is 32.2. The Bertz CT molecular complexity index is 468. The van der Waals surface area contributed by atoms with E-state index in [9.17, 15) is 8.42 Å². The third kappa shape index (κ3) is 3.15. The number of pyridine rings is 1. The molecule has 0 saturated carbocycles. The topological polar surface area (TPSA) is 59.1 Å². The molecular weight excluding hydrogens is 224 g/mol. The molecule has 2 rings (SSSR count). The standard InChI is InChI=1S/C11H14N2O2S/c14-16(15)7-4-11(9-16)13-6-3-10-2-1-5-12-8-10/h1-2,4-5,7-8,11,13H,3,6,9H2. The van der Waals surface area contributed by atoms with Crippen LogP contribution < -0.4 is 5.32 Å². The van der Waals surface area contributed by atoms with E-state index in [2.05, 4.69) is 10.3 Å². The summed E-state index contributed by atoms with van der Waals surface area (Å²) in [5, 5.41) is 4.48. The number of nitrogens with one attached hydrogen (secondary N) is 1. The van der Waals surface area contributed by atoms with Crippen LogP contribution in [0, 0.1) is 0 Å². The van der Waals surface area contributed by atoms with Crippen LogP contribution in [0.4, 0.5) is 0 Å². The summed E-state index contributed by atoms with van der Waals surface area (Å²) >= 11 is 0. The molecular formula is C11H14N2O2S. The Morgan fingerprint density at radius 1 is 1.50 bits per heavy atom. The van der Waals surface area contributed by atoms with Gasteiger partial charge in [-0.3, -0.25) is 4.98 Å². The maximum absolute atomic E-state index is 11.1. The van der Waals surface area contributed by atoms with Crippen molar-refractivity contribution in [2.45, 2.75) is 12.5 Å². The van der Waals surface area contributed by atoms with Crippen molar-refractivity contribution in [2.24, 2.45) is 0 Å². The van der Waals surface area contributed by atoms with E-state index in [0.29, 0.717) is 0 Å². The second-order valence-corrected chi connectivity index (χ2v) is 5.76. The molecule has 0 saturated heterocycles. The fraction of sp³-hybridized carbons (Fsp3) is 0.364. The van der Waals surface area contributed by atoms with E-state index in [1.54, 1.807) is 12.3 Å². The molecule has 1 N–H and O–H groups in total. The molecule has 4 nitrogen and oxygen atoms in total. The summed E-state index contributed by atoms with van der Waals surface area (Å²) in [5.74, 6) is 0.181. The van der Waals surface area contributed by atoms with Crippen molar-refractivity contribution in [2.75, 3.05) is 12.3 Å². The van der Waals surface area contributed by atoms with Crippen molar-refractivity contribution in [3.05, 3.63) is 41.6 Å².